The normalized spacial score (nSPS) is 15.4. The van der Waals surface area contributed by atoms with Gasteiger partial charge in [0.15, 0.2) is 0 Å². The molecule has 154 valence electrons. The van der Waals surface area contributed by atoms with E-state index < -0.39 is 0 Å². The fourth-order valence-corrected chi connectivity index (χ4v) is 5.55. The molecule has 0 fully saturated rings. The number of benzene rings is 2. The Morgan fingerprint density at radius 2 is 2.07 bits per heavy atom. The van der Waals surface area contributed by atoms with Crippen LogP contribution in [0.3, 0.4) is 0 Å². The molecular formula is C24H26N4S2. The summed E-state index contributed by atoms with van der Waals surface area (Å²) in [5.41, 5.74) is 6.77. The molecule has 1 aromatic heterocycles. The van der Waals surface area contributed by atoms with E-state index in [4.69, 9.17) is 0 Å². The zero-order valence-electron chi connectivity index (χ0n) is 17.6. The lowest BCUT2D eigenvalue weighted by molar-refractivity contribution is 0.646. The first-order valence-corrected chi connectivity index (χ1v) is 12.3. The van der Waals surface area contributed by atoms with Crippen LogP contribution in [0, 0.1) is 17.2 Å². The number of hydrogen-bond acceptors (Lipinski definition) is 6. The predicted octanol–water partition coefficient (Wildman–Crippen LogP) is 6.19. The van der Waals surface area contributed by atoms with Gasteiger partial charge in [-0.25, -0.2) is 0 Å². The third kappa shape index (κ3) is 4.29. The van der Waals surface area contributed by atoms with E-state index in [-0.39, 0.29) is 0 Å². The average Bonchev–Trinajstić information content (AvgIpc) is 3.39. The second-order valence-corrected chi connectivity index (χ2v) is 10.1. The monoisotopic (exact) mass is 434 g/mol. The van der Waals surface area contributed by atoms with Gasteiger partial charge in [-0.05, 0) is 47.9 Å². The molecule has 4 nitrogen and oxygen atoms in total. The molecular weight excluding hydrogens is 408 g/mol. The Bertz CT molecular complexity index is 1080. The summed E-state index contributed by atoms with van der Waals surface area (Å²) in [6.45, 7) is 6.51. The summed E-state index contributed by atoms with van der Waals surface area (Å²) in [7, 11) is 0. The maximum absolute atomic E-state index is 9.59. The molecule has 0 bridgehead atoms. The highest BCUT2D eigenvalue weighted by Crippen LogP contribution is 2.40. The van der Waals surface area contributed by atoms with Crippen molar-refractivity contribution in [2.24, 2.45) is 5.92 Å². The smallest absolute Gasteiger partial charge is 0.148 e. The van der Waals surface area contributed by atoms with E-state index >= 15 is 0 Å². The van der Waals surface area contributed by atoms with Crippen molar-refractivity contribution < 1.29 is 0 Å². The van der Waals surface area contributed by atoms with Crippen LogP contribution in [0.4, 0.5) is 0 Å². The molecule has 0 aliphatic heterocycles. The van der Waals surface area contributed by atoms with Gasteiger partial charge in [-0.15, -0.1) is 10.2 Å². The lowest BCUT2D eigenvalue weighted by atomic mass is 9.97. The largest absolute Gasteiger partial charge is 0.257 e. The molecule has 6 heteroatoms. The van der Waals surface area contributed by atoms with E-state index in [0.717, 1.165) is 51.7 Å². The summed E-state index contributed by atoms with van der Waals surface area (Å²) in [5.74, 6) is 1.58. The van der Waals surface area contributed by atoms with E-state index in [1.54, 1.807) is 23.3 Å². The van der Waals surface area contributed by atoms with Gasteiger partial charge in [-0.3, -0.25) is 4.72 Å². The Kier molecular flexibility index (Phi) is 6.52. The molecule has 4 rings (SSSR count). The molecule has 1 aliphatic rings. The number of nitrogens with one attached hydrogen (secondary N) is 1. The summed E-state index contributed by atoms with van der Waals surface area (Å²) in [5, 5.41) is 20.4. The van der Waals surface area contributed by atoms with E-state index in [1.165, 1.54) is 16.7 Å². The Morgan fingerprint density at radius 1 is 1.23 bits per heavy atom. The lowest BCUT2D eigenvalue weighted by Gasteiger charge is -2.13. The van der Waals surface area contributed by atoms with Crippen molar-refractivity contribution in [1.29, 1.82) is 5.26 Å². The minimum absolute atomic E-state index is 0.406. The van der Waals surface area contributed by atoms with Crippen LogP contribution >= 0.6 is 23.3 Å². The molecule has 0 saturated carbocycles. The van der Waals surface area contributed by atoms with E-state index in [9.17, 15) is 5.26 Å². The molecule has 2 aromatic carbocycles. The van der Waals surface area contributed by atoms with Crippen molar-refractivity contribution in [2.45, 2.75) is 46.1 Å². The standard InChI is InChI=1S/C24H26N4S2/c1-4-29-28-22-11-10-19-20(22)6-5-7-21(19)24-27-26-23(30-24)17-9-8-16(12-15(2)3)18(13-17)14-25/h5-9,13,15,22,28H,4,10-12H2,1-3H3. The van der Waals surface area contributed by atoms with Crippen LogP contribution in [0.25, 0.3) is 21.1 Å². The third-order valence-corrected chi connectivity index (χ3v) is 7.15. The molecule has 0 saturated heterocycles. The molecule has 1 unspecified atom stereocenters. The first kappa shape index (κ1) is 21.0. The van der Waals surface area contributed by atoms with Gasteiger partial charge in [0.1, 0.15) is 10.0 Å². The number of fused-ring (bicyclic) bond motifs is 1. The summed E-state index contributed by atoms with van der Waals surface area (Å²) < 4.78 is 3.58. The molecule has 1 atom stereocenters. The summed E-state index contributed by atoms with van der Waals surface area (Å²) in [6, 6.07) is 15.4. The lowest BCUT2D eigenvalue weighted by Crippen LogP contribution is -2.11. The van der Waals surface area contributed by atoms with Crippen molar-refractivity contribution in [3.05, 3.63) is 58.7 Å². The molecule has 0 radical (unpaired) electrons. The van der Waals surface area contributed by atoms with Crippen molar-refractivity contribution in [3.8, 4) is 27.2 Å². The molecule has 1 aliphatic carbocycles. The average molecular weight is 435 g/mol. The molecule has 0 spiro atoms. The molecule has 1 N–H and O–H groups in total. The number of aromatic nitrogens is 2. The number of rotatable bonds is 7. The van der Waals surface area contributed by atoms with Crippen molar-refractivity contribution in [3.63, 3.8) is 0 Å². The Morgan fingerprint density at radius 3 is 2.83 bits per heavy atom. The first-order valence-electron chi connectivity index (χ1n) is 10.5. The van der Waals surface area contributed by atoms with E-state index in [2.05, 4.69) is 72.1 Å². The van der Waals surface area contributed by atoms with Crippen LogP contribution in [-0.4, -0.2) is 16.0 Å². The third-order valence-electron chi connectivity index (χ3n) is 5.40. The fraction of sp³-hybridized carbons (Fsp3) is 0.375. The molecule has 1 heterocycles. The minimum Gasteiger partial charge on any atom is -0.257 e. The highest BCUT2D eigenvalue weighted by atomic mass is 32.2. The van der Waals surface area contributed by atoms with Gasteiger partial charge >= 0.3 is 0 Å². The maximum atomic E-state index is 9.59. The minimum atomic E-state index is 0.406. The van der Waals surface area contributed by atoms with E-state index in [0.29, 0.717) is 12.0 Å². The number of hydrogen-bond donors (Lipinski definition) is 1. The van der Waals surface area contributed by atoms with Crippen LogP contribution in [-0.2, 0) is 12.8 Å². The van der Waals surface area contributed by atoms with Crippen LogP contribution in [0.1, 0.15) is 55.5 Å². The molecule has 0 amide bonds. The summed E-state index contributed by atoms with van der Waals surface area (Å²) >= 11 is 3.38. The Labute approximate surface area is 186 Å². The quantitative estimate of drug-likeness (QED) is 0.449. The predicted molar refractivity (Wildman–Crippen MR) is 126 cm³/mol. The maximum Gasteiger partial charge on any atom is 0.148 e. The summed E-state index contributed by atoms with van der Waals surface area (Å²) in [6.07, 6.45) is 3.09. The zero-order chi connectivity index (χ0) is 21.1. The van der Waals surface area contributed by atoms with Gasteiger partial charge in [0.2, 0.25) is 0 Å². The van der Waals surface area contributed by atoms with Crippen molar-refractivity contribution >= 4 is 23.3 Å². The second-order valence-electron chi connectivity index (χ2n) is 8.01. The van der Waals surface area contributed by atoms with E-state index in [1.807, 2.05) is 6.07 Å². The van der Waals surface area contributed by atoms with Crippen LogP contribution in [0.15, 0.2) is 36.4 Å². The first-order chi connectivity index (χ1) is 14.6. The van der Waals surface area contributed by atoms with Crippen LogP contribution in [0.5, 0.6) is 0 Å². The van der Waals surface area contributed by atoms with Gasteiger partial charge in [0.25, 0.3) is 0 Å². The highest BCUT2D eigenvalue weighted by Gasteiger charge is 2.26. The van der Waals surface area contributed by atoms with Gasteiger partial charge in [-0.1, -0.05) is 74.4 Å². The number of nitriles is 1. The van der Waals surface area contributed by atoms with Gasteiger partial charge in [-0.2, -0.15) is 5.26 Å². The van der Waals surface area contributed by atoms with Crippen molar-refractivity contribution in [2.75, 3.05) is 5.75 Å². The van der Waals surface area contributed by atoms with Gasteiger partial charge < -0.3 is 0 Å². The Balaban J connectivity index is 1.63. The van der Waals surface area contributed by atoms with Crippen LogP contribution < -0.4 is 4.72 Å². The topological polar surface area (TPSA) is 61.6 Å². The molecule has 30 heavy (non-hydrogen) atoms. The second kappa shape index (κ2) is 9.30. The zero-order valence-corrected chi connectivity index (χ0v) is 19.2. The fourth-order valence-electron chi connectivity index (χ4n) is 4.04. The molecule has 3 aromatic rings. The SMILES string of the molecule is CCSNC1CCc2c(-c3nnc(-c4ccc(CC(C)C)c(C#N)c4)s3)cccc21. The van der Waals surface area contributed by atoms with Crippen LogP contribution in [0.2, 0.25) is 0 Å². The summed E-state index contributed by atoms with van der Waals surface area (Å²) in [4.78, 5) is 0. The number of nitrogens with zero attached hydrogens (tertiary/aromatic N) is 3. The Hall–Kier alpha value is -2.20. The van der Waals surface area contributed by atoms with Crippen molar-refractivity contribution in [1.82, 2.24) is 14.9 Å². The van der Waals surface area contributed by atoms with Gasteiger partial charge in [0.05, 0.1) is 11.6 Å². The van der Waals surface area contributed by atoms with Gasteiger partial charge in [0, 0.05) is 22.9 Å². The highest BCUT2D eigenvalue weighted by molar-refractivity contribution is 7.97.